The maximum atomic E-state index is 13.3. The first kappa shape index (κ1) is 19.4. The fraction of sp³-hybridized carbons (Fsp3) is 0.500. The maximum absolute atomic E-state index is 13.3. The van der Waals surface area contributed by atoms with Crippen LogP contribution >= 0.6 is 0 Å². The van der Waals surface area contributed by atoms with E-state index in [1.807, 2.05) is 0 Å². The van der Waals surface area contributed by atoms with Crippen LogP contribution in [-0.2, 0) is 14.6 Å². The molecule has 0 unspecified atom stereocenters. The summed E-state index contributed by atoms with van der Waals surface area (Å²) in [6, 6.07) is 7.93. The van der Waals surface area contributed by atoms with E-state index in [-0.39, 0.29) is 24.8 Å². The molecule has 1 aromatic rings. The molecule has 0 N–H and O–H groups in total. The molecule has 0 aliphatic heterocycles. The highest BCUT2D eigenvalue weighted by Crippen LogP contribution is 2.41. The van der Waals surface area contributed by atoms with Crippen molar-refractivity contribution in [2.45, 2.75) is 30.4 Å². The molecule has 0 bridgehead atoms. The van der Waals surface area contributed by atoms with Crippen molar-refractivity contribution in [2.24, 2.45) is 0 Å². The predicted molar refractivity (Wildman–Crippen MR) is 75.3 cm³/mol. The van der Waals surface area contributed by atoms with Gasteiger partial charge in [-0.3, -0.25) is 0 Å². The molecule has 0 atom stereocenters. The highest BCUT2D eigenvalue weighted by molar-refractivity contribution is 7.91. The van der Waals surface area contributed by atoms with Crippen molar-refractivity contribution in [3.8, 4) is 0 Å². The van der Waals surface area contributed by atoms with Crippen LogP contribution in [0.4, 0.5) is 17.6 Å². The van der Waals surface area contributed by atoms with Gasteiger partial charge >= 0.3 is 17.1 Å². The number of esters is 1. The number of hydrogen-bond acceptors (Lipinski definition) is 4. The van der Waals surface area contributed by atoms with Gasteiger partial charge in [0.25, 0.3) is 0 Å². The fourth-order valence-corrected chi connectivity index (χ4v) is 2.33. The molecule has 130 valence electrons. The Balaban J connectivity index is 2.41. The van der Waals surface area contributed by atoms with Gasteiger partial charge in [-0.05, 0) is 25.0 Å². The van der Waals surface area contributed by atoms with E-state index in [0.29, 0.717) is 0 Å². The average molecular weight is 356 g/mol. The van der Waals surface area contributed by atoms with E-state index in [2.05, 4.69) is 0 Å². The highest BCUT2D eigenvalue weighted by Gasteiger charge is 2.62. The Morgan fingerprint density at radius 2 is 1.65 bits per heavy atom. The van der Waals surface area contributed by atoms with Crippen molar-refractivity contribution in [2.75, 3.05) is 12.9 Å². The molecule has 9 heteroatoms. The van der Waals surface area contributed by atoms with Crippen LogP contribution in [0.2, 0.25) is 0 Å². The largest absolute Gasteiger partial charge is 0.462 e. The summed E-state index contributed by atoms with van der Waals surface area (Å²) in [5, 5.41) is -5.12. The van der Waals surface area contributed by atoms with Crippen molar-refractivity contribution < 1.29 is 35.5 Å². The van der Waals surface area contributed by atoms with E-state index in [9.17, 15) is 30.8 Å². The maximum Gasteiger partial charge on any atom is 0.406 e. The zero-order chi connectivity index (χ0) is 17.7. The summed E-state index contributed by atoms with van der Waals surface area (Å²) in [5.41, 5.74) is 0.279. The number of carbonyl (C=O) groups excluding carboxylic acids is 1. The van der Waals surface area contributed by atoms with Crippen LogP contribution < -0.4 is 0 Å². The Morgan fingerprint density at radius 3 is 2.17 bits per heavy atom. The van der Waals surface area contributed by atoms with Crippen LogP contribution in [0.15, 0.2) is 30.3 Å². The zero-order valence-electron chi connectivity index (χ0n) is 12.3. The van der Waals surface area contributed by atoms with E-state index in [0.717, 1.165) is 0 Å². The molecule has 0 aliphatic carbocycles. The van der Waals surface area contributed by atoms with Crippen molar-refractivity contribution in [3.05, 3.63) is 35.9 Å². The van der Waals surface area contributed by atoms with Gasteiger partial charge in [0.2, 0.25) is 9.84 Å². The third kappa shape index (κ3) is 4.92. The average Bonchev–Trinajstić information content (AvgIpc) is 2.46. The fourth-order valence-electron chi connectivity index (χ4n) is 1.69. The molecular formula is C14H16F4O4S. The minimum absolute atomic E-state index is 0.0581. The summed E-state index contributed by atoms with van der Waals surface area (Å²) < 4.78 is 79.2. The van der Waals surface area contributed by atoms with Crippen molar-refractivity contribution in [3.63, 3.8) is 0 Å². The first-order chi connectivity index (χ1) is 10.5. The smallest absolute Gasteiger partial charge is 0.406 e. The monoisotopic (exact) mass is 356 g/mol. The lowest BCUT2D eigenvalue weighted by Gasteiger charge is -2.24. The summed E-state index contributed by atoms with van der Waals surface area (Å²) in [7, 11) is -5.22. The molecule has 0 saturated carbocycles. The Hall–Kier alpha value is -1.64. The molecule has 1 aromatic carbocycles. The van der Waals surface area contributed by atoms with Crippen LogP contribution in [0.3, 0.4) is 0 Å². The topological polar surface area (TPSA) is 60.4 Å². The Bertz CT molecular complexity index is 629. The first-order valence-corrected chi connectivity index (χ1v) is 8.55. The van der Waals surface area contributed by atoms with Crippen LogP contribution in [-0.4, -0.2) is 38.4 Å². The van der Waals surface area contributed by atoms with Crippen molar-refractivity contribution in [1.29, 1.82) is 0 Å². The number of rotatable bonds is 8. The Morgan fingerprint density at radius 1 is 1.09 bits per heavy atom. The molecule has 0 fully saturated rings. The van der Waals surface area contributed by atoms with Gasteiger partial charge in [-0.15, -0.1) is 0 Å². The van der Waals surface area contributed by atoms with Crippen LogP contribution in [0.5, 0.6) is 0 Å². The van der Waals surface area contributed by atoms with E-state index >= 15 is 0 Å². The number of benzene rings is 1. The zero-order valence-corrected chi connectivity index (χ0v) is 13.1. The van der Waals surface area contributed by atoms with Crippen LogP contribution in [0.25, 0.3) is 0 Å². The molecule has 23 heavy (non-hydrogen) atoms. The second-order valence-corrected chi connectivity index (χ2v) is 7.01. The number of unbranched alkanes of at least 4 members (excludes halogenated alkanes) is 1. The second kappa shape index (κ2) is 7.29. The number of hydrogen-bond donors (Lipinski definition) is 0. The summed E-state index contributed by atoms with van der Waals surface area (Å²) in [4.78, 5) is 11.5. The lowest BCUT2D eigenvalue weighted by Crippen LogP contribution is -2.46. The lowest BCUT2D eigenvalue weighted by molar-refractivity contribution is -0.161. The third-order valence-corrected chi connectivity index (χ3v) is 4.25. The van der Waals surface area contributed by atoms with Gasteiger partial charge in [0.1, 0.15) is 0 Å². The van der Waals surface area contributed by atoms with Crippen molar-refractivity contribution >= 4 is 15.8 Å². The van der Waals surface area contributed by atoms with Gasteiger partial charge in [-0.1, -0.05) is 18.2 Å². The summed E-state index contributed by atoms with van der Waals surface area (Å²) in [6.45, 7) is -0.228. The van der Waals surface area contributed by atoms with Gasteiger partial charge in [0.05, 0.1) is 12.2 Å². The summed E-state index contributed by atoms with van der Waals surface area (Å²) >= 11 is 0. The molecule has 0 spiro atoms. The van der Waals surface area contributed by atoms with Crippen LogP contribution in [0, 0.1) is 0 Å². The first-order valence-electron chi connectivity index (χ1n) is 6.66. The van der Waals surface area contributed by atoms with Crippen molar-refractivity contribution in [1.82, 2.24) is 0 Å². The number of sulfone groups is 1. The summed E-state index contributed by atoms with van der Waals surface area (Å²) in [5.74, 6) is -5.33. The normalized spacial score (nSPS) is 12.9. The second-order valence-electron chi connectivity index (χ2n) is 4.95. The van der Waals surface area contributed by atoms with E-state index in [4.69, 9.17) is 4.74 Å². The minimum Gasteiger partial charge on any atom is -0.462 e. The van der Waals surface area contributed by atoms with Gasteiger partial charge in [-0.25, -0.2) is 13.2 Å². The predicted octanol–water partition coefficient (Wildman–Crippen LogP) is 3.29. The molecule has 0 saturated heterocycles. The number of halogens is 4. The number of carbonyl (C=O) groups is 1. The Kier molecular flexibility index (Phi) is 6.15. The minimum atomic E-state index is -5.22. The molecule has 0 amide bonds. The van der Waals surface area contributed by atoms with Gasteiger partial charge in [-0.2, -0.15) is 17.6 Å². The summed E-state index contributed by atoms with van der Waals surface area (Å²) in [6.07, 6.45) is -1.77. The van der Waals surface area contributed by atoms with E-state index in [1.54, 1.807) is 18.2 Å². The quantitative estimate of drug-likeness (QED) is 0.407. The standard InChI is InChI=1S/C14H16F4O4S/c1-23(20,21)14(17,18)13(15,16)9-5-6-10-22-12(19)11-7-3-2-4-8-11/h2-4,7-8H,5-6,9-10H2,1H3. The highest BCUT2D eigenvalue weighted by atomic mass is 32.2. The van der Waals surface area contributed by atoms with E-state index in [1.165, 1.54) is 12.1 Å². The molecule has 0 radical (unpaired) electrons. The van der Waals surface area contributed by atoms with Gasteiger partial charge in [0.15, 0.2) is 0 Å². The molecule has 4 nitrogen and oxygen atoms in total. The van der Waals surface area contributed by atoms with Gasteiger partial charge in [0, 0.05) is 12.7 Å². The Labute approximate surface area is 131 Å². The molecule has 1 rings (SSSR count). The molecule has 0 heterocycles. The SMILES string of the molecule is CS(=O)(=O)C(F)(F)C(F)(F)CCCCOC(=O)c1ccccc1. The van der Waals surface area contributed by atoms with Gasteiger partial charge < -0.3 is 4.74 Å². The number of ether oxygens (including phenoxy) is 1. The number of alkyl halides is 4. The molecule has 0 aromatic heterocycles. The van der Waals surface area contributed by atoms with Crippen LogP contribution in [0.1, 0.15) is 29.6 Å². The van der Waals surface area contributed by atoms with E-state index < -0.39 is 39.8 Å². The third-order valence-electron chi connectivity index (χ3n) is 3.02. The molecular weight excluding hydrogens is 340 g/mol. The lowest BCUT2D eigenvalue weighted by atomic mass is 10.1. The molecule has 0 aliphatic rings.